The second-order valence-corrected chi connectivity index (χ2v) is 4.59. The van der Waals surface area contributed by atoms with Crippen LogP contribution in [-0.4, -0.2) is 15.6 Å². The van der Waals surface area contributed by atoms with E-state index in [0.717, 1.165) is 21.4 Å². The molecule has 0 unspecified atom stereocenters. The highest BCUT2D eigenvalue weighted by Crippen LogP contribution is 2.22. The molecule has 3 nitrogen and oxygen atoms in total. The molecule has 0 saturated heterocycles. The molecule has 17 heavy (non-hydrogen) atoms. The molecule has 0 aliphatic rings. The van der Waals surface area contributed by atoms with Gasteiger partial charge in [0.15, 0.2) is 0 Å². The topological polar surface area (TPSA) is 41.2 Å². The Morgan fingerprint density at radius 2 is 2.06 bits per heavy atom. The van der Waals surface area contributed by atoms with Crippen molar-refractivity contribution in [1.82, 2.24) is 9.38 Å². The van der Waals surface area contributed by atoms with Crippen LogP contribution in [-0.2, 0) is 0 Å². The molecule has 0 aliphatic carbocycles. The molecule has 0 aliphatic heterocycles. The number of benzene rings is 1. The minimum absolute atomic E-state index is 0.496. The fourth-order valence-electron chi connectivity index (χ4n) is 1.98. The summed E-state index contributed by atoms with van der Waals surface area (Å²) in [5.41, 5.74) is 2.19. The molecule has 0 bridgehead atoms. The average molecular weight is 241 g/mol. The van der Waals surface area contributed by atoms with Crippen molar-refractivity contribution in [2.24, 2.45) is 0 Å². The van der Waals surface area contributed by atoms with Crippen LogP contribution < -0.4 is 5.49 Å². The predicted molar refractivity (Wildman–Crippen MR) is 70.3 cm³/mol. The van der Waals surface area contributed by atoms with Crippen LogP contribution in [0.1, 0.15) is 0 Å². The van der Waals surface area contributed by atoms with Gasteiger partial charge in [0.05, 0.1) is 10.9 Å². The zero-order valence-electron chi connectivity index (χ0n) is 9.34. The first-order valence-electron chi connectivity index (χ1n) is 5.30. The van der Waals surface area contributed by atoms with Gasteiger partial charge in [-0.05, 0) is 30.5 Å². The lowest BCUT2D eigenvalue weighted by Gasteiger charge is -2.07. The quantitative estimate of drug-likeness (QED) is 0.525. The maximum absolute atomic E-state index is 8.29. The van der Waals surface area contributed by atoms with Crippen molar-refractivity contribution in [2.75, 3.05) is 6.26 Å². The van der Waals surface area contributed by atoms with Crippen LogP contribution in [0.3, 0.4) is 0 Å². The van der Waals surface area contributed by atoms with Crippen LogP contribution >= 0.6 is 11.8 Å². The van der Waals surface area contributed by atoms with Gasteiger partial charge in [0.1, 0.15) is 11.1 Å². The number of nitrogens with zero attached hydrogens (tertiary/aromatic N) is 2. The molecule has 1 N–H and O–H groups in total. The third-order valence-corrected chi connectivity index (χ3v) is 3.56. The minimum Gasteiger partial charge on any atom is -0.286 e. The van der Waals surface area contributed by atoms with E-state index in [9.17, 15) is 0 Å². The van der Waals surface area contributed by atoms with Crippen molar-refractivity contribution in [1.29, 1.82) is 5.41 Å². The predicted octanol–water partition coefficient (Wildman–Crippen LogP) is 2.69. The maximum atomic E-state index is 8.29. The number of hydrogen-bond donors (Lipinski definition) is 1. The Morgan fingerprint density at radius 1 is 1.18 bits per heavy atom. The fraction of sp³-hybridized carbons (Fsp3) is 0.0769. The van der Waals surface area contributed by atoms with Gasteiger partial charge in [-0.3, -0.25) is 9.81 Å². The number of aromatic nitrogens is 2. The summed E-state index contributed by atoms with van der Waals surface area (Å²) in [6, 6.07) is 11.7. The van der Waals surface area contributed by atoms with Gasteiger partial charge < -0.3 is 0 Å². The van der Waals surface area contributed by atoms with Gasteiger partial charge in [-0.15, -0.1) is 11.8 Å². The Hall–Kier alpha value is -1.81. The lowest BCUT2D eigenvalue weighted by Crippen LogP contribution is -2.15. The van der Waals surface area contributed by atoms with E-state index in [1.807, 2.05) is 53.3 Å². The Labute approximate surface area is 103 Å². The second kappa shape index (κ2) is 3.89. The van der Waals surface area contributed by atoms with Crippen LogP contribution in [0.4, 0.5) is 0 Å². The van der Waals surface area contributed by atoms with E-state index in [0.29, 0.717) is 5.49 Å². The van der Waals surface area contributed by atoms with Gasteiger partial charge >= 0.3 is 0 Å². The van der Waals surface area contributed by atoms with Gasteiger partial charge in [0.25, 0.3) is 0 Å². The number of thioether (sulfide) groups is 1. The molecule has 1 aromatic carbocycles. The molecule has 0 fully saturated rings. The monoisotopic (exact) mass is 241 g/mol. The van der Waals surface area contributed by atoms with E-state index in [4.69, 9.17) is 5.41 Å². The molecule has 3 aromatic rings. The number of nitrogens with one attached hydrogen (secondary N) is 1. The first-order valence-corrected chi connectivity index (χ1v) is 6.52. The number of pyridine rings is 1. The van der Waals surface area contributed by atoms with Gasteiger partial charge in [-0.2, -0.15) is 0 Å². The van der Waals surface area contributed by atoms with E-state index in [1.165, 1.54) is 0 Å². The highest BCUT2D eigenvalue weighted by Gasteiger charge is 2.06. The van der Waals surface area contributed by atoms with E-state index in [-0.39, 0.29) is 0 Å². The normalized spacial score (nSPS) is 11.1. The van der Waals surface area contributed by atoms with Gasteiger partial charge in [0, 0.05) is 11.1 Å². The first-order chi connectivity index (χ1) is 8.31. The zero-order chi connectivity index (χ0) is 11.8. The minimum atomic E-state index is 0.496. The molecule has 0 saturated carbocycles. The highest BCUT2D eigenvalue weighted by atomic mass is 32.2. The largest absolute Gasteiger partial charge is 0.286 e. The Kier molecular flexibility index (Phi) is 2.37. The van der Waals surface area contributed by atoms with Crippen LogP contribution in [0, 0.1) is 5.41 Å². The number of fused-ring (bicyclic) bond motifs is 2. The molecule has 0 atom stereocenters. The van der Waals surface area contributed by atoms with Crippen molar-refractivity contribution < 1.29 is 0 Å². The van der Waals surface area contributed by atoms with Gasteiger partial charge in [-0.25, -0.2) is 4.98 Å². The van der Waals surface area contributed by atoms with E-state index < -0.39 is 0 Å². The molecule has 3 rings (SSSR count). The highest BCUT2D eigenvalue weighted by molar-refractivity contribution is 7.98. The molecule has 0 radical (unpaired) electrons. The second-order valence-electron chi connectivity index (χ2n) is 3.74. The Bertz CT molecular complexity index is 761. The summed E-state index contributed by atoms with van der Waals surface area (Å²) >= 11 is 1.65. The third kappa shape index (κ3) is 1.52. The molecule has 0 amide bonds. The molecule has 84 valence electrons. The number of hydrogen-bond acceptors (Lipinski definition) is 3. The lowest BCUT2D eigenvalue weighted by molar-refractivity contribution is 0.997. The summed E-state index contributed by atoms with van der Waals surface area (Å²) in [6.07, 6.45) is 3.90. The Morgan fingerprint density at radius 3 is 2.88 bits per heavy atom. The van der Waals surface area contributed by atoms with Crippen molar-refractivity contribution in [3.8, 4) is 0 Å². The summed E-state index contributed by atoms with van der Waals surface area (Å²) in [6.45, 7) is 0. The molecule has 4 heteroatoms. The van der Waals surface area contributed by atoms with Crippen molar-refractivity contribution in [2.45, 2.75) is 4.90 Å². The first kappa shape index (κ1) is 10.4. The van der Waals surface area contributed by atoms with Crippen LogP contribution in [0.2, 0.25) is 0 Å². The van der Waals surface area contributed by atoms with Crippen molar-refractivity contribution in [3.05, 3.63) is 48.1 Å². The fourth-order valence-corrected chi connectivity index (χ4v) is 2.60. The molecular formula is C13H11N3S. The lowest BCUT2D eigenvalue weighted by atomic mass is 10.2. The molecule has 2 heterocycles. The van der Waals surface area contributed by atoms with E-state index >= 15 is 0 Å². The Balaban J connectivity index is 2.60. The van der Waals surface area contributed by atoms with Crippen LogP contribution in [0.15, 0.2) is 47.5 Å². The van der Waals surface area contributed by atoms with Crippen molar-refractivity contribution >= 4 is 28.3 Å². The average Bonchev–Trinajstić information content (AvgIpc) is 2.38. The molecular weight excluding hydrogens is 230 g/mol. The molecule has 0 spiro atoms. The van der Waals surface area contributed by atoms with Gasteiger partial charge in [0.2, 0.25) is 0 Å². The zero-order valence-corrected chi connectivity index (χ0v) is 10.2. The van der Waals surface area contributed by atoms with Crippen LogP contribution in [0.25, 0.3) is 16.6 Å². The third-order valence-electron chi connectivity index (χ3n) is 2.78. The van der Waals surface area contributed by atoms with Crippen molar-refractivity contribution in [3.63, 3.8) is 0 Å². The summed E-state index contributed by atoms with van der Waals surface area (Å²) < 4.78 is 1.81. The summed E-state index contributed by atoms with van der Waals surface area (Å²) in [5, 5.41) is 9.21. The smallest absolute Gasteiger partial charge is 0.141 e. The standard InChI is InChI=1S/C13H11N3S/c1-17-10-6-4-5-9-12(10)13(14)16-8-3-2-7-11(16)15-9/h2-8,14H,1H3. The summed E-state index contributed by atoms with van der Waals surface area (Å²) in [5.74, 6) is 0. The van der Waals surface area contributed by atoms with Gasteiger partial charge in [-0.1, -0.05) is 12.1 Å². The number of rotatable bonds is 1. The van der Waals surface area contributed by atoms with Crippen LogP contribution in [0.5, 0.6) is 0 Å². The summed E-state index contributed by atoms with van der Waals surface area (Å²) in [7, 11) is 0. The molecule has 2 aromatic heterocycles. The van der Waals surface area contributed by atoms with E-state index in [1.54, 1.807) is 11.8 Å². The van der Waals surface area contributed by atoms with E-state index in [2.05, 4.69) is 4.98 Å². The maximum Gasteiger partial charge on any atom is 0.141 e. The summed E-state index contributed by atoms with van der Waals surface area (Å²) in [4.78, 5) is 5.67. The SMILES string of the molecule is CSc1cccc2nc3ccccn3c(=N)c12.